The summed E-state index contributed by atoms with van der Waals surface area (Å²) in [6, 6.07) is 17.6. The Hall–Kier alpha value is -2.68. The van der Waals surface area contributed by atoms with Crippen LogP contribution in [0.1, 0.15) is 5.76 Å². The summed E-state index contributed by atoms with van der Waals surface area (Å²) < 4.78 is 6.80. The number of furan rings is 1. The van der Waals surface area contributed by atoms with Crippen molar-refractivity contribution in [2.75, 3.05) is 5.43 Å². The lowest BCUT2D eigenvalue weighted by atomic mass is 10.1. The van der Waals surface area contributed by atoms with Crippen LogP contribution in [-0.4, -0.2) is 11.1 Å². The van der Waals surface area contributed by atoms with Crippen LogP contribution in [0.2, 0.25) is 0 Å². The van der Waals surface area contributed by atoms with Crippen LogP contribution in [0.15, 0.2) is 70.2 Å². The molecular weight excluding hydrogens is 421 g/mol. The summed E-state index contributed by atoms with van der Waals surface area (Å²) in [6.07, 6.45) is 1.55. The van der Waals surface area contributed by atoms with Crippen molar-refractivity contribution in [3.05, 3.63) is 80.1 Å². The quantitative estimate of drug-likeness (QED) is 0.269. The highest BCUT2D eigenvalue weighted by Gasteiger charge is 2.09. The number of hydrogen-bond donors (Lipinski definition) is 1. The van der Waals surface area contributed by atoms with Crippen molar-refractivity contribution < 1.29 is 9.34 Å². The summed E-state index contributed by atoms with van der Waals surface area (Å²) in [4.78, 5) is 10.4. The van der Waals surface area contributed by atoms with Gasteiger partial charge in [0.2, 0.25) is 0 Å². The highest BCUT2D eigenvalue weighted by molar-refractivity contribution is 14.1. The SMILES string of the molecule is O=[N+]([O-])c1cccc(-c2ccc(C=NNc3ccc(I)cc3)o2)c1. The van der Waals surface area contributed by atoms with Gasteiger partial charge in [0.05, 0.1) is 16.8 Å². The first kappa shape index (κ1) is 16.2. The molecule has 0 aliphatic heterocycles. The number of rotatable bonds is 5. The lowest BCUT2D eigenvalue weighted by Crippen LogP contribution is -1.89. The van der Waals surface area contributed by atoms with Crippen LogP contribution in [-0.2, 0) is 0 Å². The van der Waals surface area contributed by atoms with E-state index in [0.717, 1.165) is 9.26 Å². The van der Waals surface area contributed by atoms with Gasteiger partial charge < -0.3 is 4.42 Å². The van der Waals surface area contributed by atoms with Crippen molar-refractivity contribution in [2.45, 2.75) is 0 Å². The third-order valence-electron chi connectivity index (χ3n) is 3.20. The van der Waals surface area contributed by atoms with E-state index in [1.807, 2.05) is 24.3 Å². The minimum absolute atomic E-state index is 0.0273. The molecule has 0 saturated carbocycles. The lowest BCUT2D eigenvalue weighted by Gasteiger charge is -1.99. The molecule has 0 unspecified atom stereocenters. The summed E-state index contributed by atoms with van der Waals surface area (Å²) in [5, 5.41) is 14.9. The molecule has 7 heteroatoms. The number of nitro benzene ring substituents is 1. The van der Waals surface area contributed by atoms with Gasteiger partial charge in [-0.1, -0.05) is 12.1 Å². The number of nitrogens with one attached hydrogen (secondary N) is 1. The Kier molecular flexibility index (Phi) is 4.90. The van der Waals surface area contributed by atoms with E-state index in [0.29, 0.717) is 17.1 Å². The monoisotopic (exact) mass is 433 g/mol. The van der Waals surface area contributed by atoms with Crippen molar-refractivity contribution in [3.63, 3.8) is 0 Å². The number of benzene rings is 2. The van der Waals surface area contributed by atoms with E-state index in [-0.39, 0.29) is 5.69 Å². The fraction of sp³-hybridized carbons (Fsp3) is 0. The molecule has 0 radical (unpaired) electrons. The topological polar surface area (TPSA) is 80.7 Å². The predicted molar refractivity (Wildman–Crippen MR) is 101 cm³/mol. The first-order chi connectivity index (χ1) is 11.6. The Morgan fingerprint density at radius 3 is 2.67 bits per heavy atom. The number of non-ortho nitro benzene ring substituents is 1. The van der Waals surface area contributed by atoms with Crippen LogP contribution in [0.3, 0.4) is 0 Å². The Labute approximate surface area is 151 Å². The molecular formula is C17H12IN3O3. The fourth-order valence-electron chi connectivity index (χ4n) is 2.04. The zero-order valence-corrected chi connectivity index (χ0v) is 14.5. The van der Waals surface area contributed by atoms with E-state index in [1.54, 1.807) is 30.5 Å². The smallest absolute Gasteiger partial charge is 0.270 e. The maximum absolute atomic E-state index is 10.8. The van der Waals surface area contributed by atoms with Gasteiger partial charge in [-0.05, 0) is 59.0 Å². The molecule has 3 rings (SSSR count). The Bertz CT molecular complexity index is 888. The third kappa shape index (κ3) is 3.99. The second-order valence-electron chi connectivity index (χ2n) is 4.89. The zero-order valence-electron chi connectivity index (χ0n) is 12.3. The molecule has 24 heavy (non-hydrogen) atoms. The summed E-state index contributed by atoms with van der Waals surface area (Å²) in [5.41, 5.74) is 4.46. The van der Waals surface area contributed by atoms with Gasteiger partial charge in [-0.2, -0.15) is 5.10 Å². The molecule has 1 heterocycles. The second-order valence-corrected chi connectivity index (χ2v) is 6.13. The van der Waals surface area contributed by atoms with Gasteiger partial charge in [0.25, 0.3) is 5.69 Å². The third-order valence-corrected chi connectivity index (χ3v) is 3.92. The van der Waals surface area contributed by atoms with Gasteiger partial charge in [-0.25, -0.2) is 0 Å². The molecule has 0 bridgehead atoms. The number of nitro groups is 1. The molecule has 3 aromatic rings. The van der Waals surface area contributed by atoms with Crippen molar-refractivity contribution in [3.8, 4) is 11.3 Å². The molecule has 0 aliphatic carbocycles. The minimum atomic E-state index is -0.431. The van der Waals surface area contributed by atoms with Gasteiger partial charge in [0.1, 0.15) is 11.5 Å². The minimum Gasteiger partial charge on any atom is -0.455 e. The van der Waals surface area contributed by atoms with E-state index >= 15 is 0 Å². The van der Waals surface area contributed by atoms with Gasteiger partial charge in [0, 0.05) is 21.3 Å². The molecule has 0 aliphatic rings. The van der Waals surface area contributed by atoms with Crippen LogP contribution in [0.5, 0.6) is 0 Å². The first-order valence-corrected chi connectivity index (χ1v) is 8.09. The molecule has 0 saturated heterocycles. The van der Waals surface area contributed by atoms with Gasteiger partial charge in [-0.3, -0.25) is 15.5 Å². The summed E-state index contributed by atoms with van der Waals surface area (Å²) in [7, 11) is 0. The average Bonchev–Trinajstić information content (AvgIpc) is 3.06. The summed E-state index contributed by atoms with van der Waals surface area (Å²) in [5.74, 6) is 1.10. The van der Waals surface area contributed by atoms with Crippen LogP contribution >= 0.6 is 22.6 Å². The fourth-order valence-corrected chi connectivity index (χ4v) is 2.40. The van der Waals surface area contributed by atoms with Crippen LogP contribution in [0, 0.1) is 13.7 Å². The van der Waals surface area contributed by atoms with Crippen molar-refractivity contribution in [1.29, 1.82) is 0 Å². The Morgan fingerprint density at radius 2 is 1.92 bits per heavy atom. The lowest BCUT2D eigenvalue weighted by molar-refractivity contribution is -0.384. The standard InChI is InChI=1S/C17H12IN3O3/c18-13-4-6-14(7-5-13)20-19-11-16-8-9-17(24-16)12-2-1-3-15(10-12)21(22)23/h1-11,20H. The van der Waals surface area contributed by atoms with E-state index in [9.17, 15) is 10.1 Å². The molecule has 2 aromatic carbocycles. The number of halogens is 1. The van der Waals surface area contributed by atoms with Crippen molar-refractivity contribution >= 4 is 40.2 Å². The van der Waals surface area contributed by atoms with E-state index in [4.69, 9.17) is 4.42 Å². The van der Waals surface area contributed by atoms with Gasteiger partial charge in [-0.15, -0.1) is 0 Å². The summed E-state index contributed by atoms with van der Waals surface area (Å²) in [6.45, 7) is 0. The second kappa shape index (κ2) is 7.26. The average molecular weight is 433 g/mol. The van der Waals surface area contributed by atoms with Crippen LogP contribution in [0.25, 0.3) is 11.3 Å². The van der Waals surface area contributed by atoms with Crippen molar-refractivity contribution in [2.24, 2.45) is 5.10 Å². The van der Waals surface area contributed by atoms with E-state index in [2.05, 4.69) is 33.1 Å². The molecule has 0 amide bonds. The van der Waals surface area contributed by atoms with Crippen LogP contribution in [0.4, 0.5) is 11.4 Å². The van der Waals surface area contributed by atoms with Crippen LogP contribution < -0.4 is 5.43 Å². The first-order valence-electron chi connectivity index (χ1n) is 7.01. The number of hydrazone groups is 1. The predicted octanol–water partition coefficient (Wildman–Crippen LogP) is 4.91. The highest BCUT2D eigenvalue weighted by atomic mass is 127. The normalized spacial score (nSPS) is 10.9. The maximum Gasteiger partial charge on any atom is 0.270 e. The van der Waals surface area contributed by atoms with Gasteiger partial charge >= 0.3 is 0 Å². The van der Waals surface area contributed by atoms with E-state index in [1.165, 1.54) is 12.1 Å². The maximum atomic E-state index is 10.8. The molecule has 0 atom stereocenters. The number of nitrogens with zero attached hydrogens (tertiary/aromatic N) is 2. The molecule has 0 spiro atoms. The molecule has 0 fully saturated rings. The Morgan fingerprint density at radius 1 is 1.12 bits per heavy atom. The number of anilines is 1. The molecule has 1 N–H and O–H groups in total. The largest absolute Gasteiger partial charge is 0.455 e. The molecule has 120 valence electrons. The Balaban J connectivity index is 1.71. The molecule has 6 nitrogen and oxygen atoms in total. The summed E-state index contributed by atoms with van der Waals surface area (Å²) >= 11 is 2.23. The van der Waals surface area contributed by atoms with Crippen molar-refractivity contribution in [1.82, 2.24) is 0 Å². The number of hydrogen-bond acceptors (Lipinski definition) is 5. The molecule has 1 aromatic heterocycles. The highest BCUT2D eigenvalue weighted by Crippen LogP contribution is 2.25. The van der Waals surface area contributed by atoms with Gasteiger partial charge in [0.15, 0.2) is 0 Å². The van der Waals surface area contributed by atoms with E-state index < -0.39 is 4.92 Å². The zero-order chi connectivity index (χ0) is 16.9.